The number of anilines is 1. The lowest BCUT2D eigenvalue weighted by Gasteiger charge is -2.29. The Bertz CT molecular complexity index is 837. The number of aromatic hydroxyl groups is 1. The number of hydrogen-bond acceptors (Lipinski definition) is 5. The number of benzene rings is 2. The summed E-state index contributed by atoms with van der Waals surface area (Å²) >= 11 is 3.43. The number of fused-ring (bicyclic) bond motifs is 1. The Morgan fingerprint density at radius 2 is 2.00 bits per heavy atom. The zero-order chi connectivity index (χ0) is 19.6. The highest BCUT2D eigenvalue weighted by molar-refractivity contribution is 9.10. The first-order valence-electron chi connectivity index (χ1n) is 8.70. The van der Waals surface area contributed by atoms with E-state index in [4.69, 9.17) is 4.74 Å². The Hall–Kier alpha value is -2.09. The highest BCUT2D eigenvalue weighted by atomic mass is 79.9. The van der Waals surface area contributed by atoms with Gasteiger partial charge in [-0.25, -0.2) is 0 Å². The minimum absolute atomic E-state index is 0.0391. The van der Waals surface area contributed by atoms with E-state index in [-0.39, 0.29) is 30.3 Å². The van der Waals surface area contributed by atoms with Crippen LogP contribution in [0.2, 0.25) is 0 Å². The van der Waals surface area contributed by atoms with Gasteiger partial charge >= 0.3 is 0 Å². The maximum absolute atomic E-state index is 11.5. The van der Waals surface area contributed by atoms with Gasteiger partial charge in [-0.3, -0.25) is 4.79 Å². The van der Waals surface area contributed by atoms with Gasteiger partial charge in [-0.15, -0.1) is 0 Å². The molecule has 6 nitrogen and oxygen atoms in total. The van der Waals surface area contributed by atoms with Crippen molar-refractivity contribution in [3.8, 4) is 11.5 Å². The number of phenols is 1. The maximum atomic E-state index is 11.5. The van der Waals surface area contributed by atoms with Gasteiger partial charge in [-0.1, -0.05) is 28.1 Å². The van der Waals surface area contributed by atoms with Crippen LogP contribution in [0.3, 0.4) is 0 Å². The lowest BCUT2D eigenvalue weighted by atomic mass is 9.94. The van der Waals surface area contributed by atoms with Gasteiger partial charge in [0.15, 0.2) is 6.61 Å². The minimum Gasteiger partial charge on any atom is -0.508 e. The molecule has 0 spiro atoms. The third kappa shape index (κ3) is 5.00. The molecule has 0 fully saturated rings. The topological polar surface area (TPSA) is 90.8 Å². The van der Waals surface area contributed by atoms with Crippen LogP contribution in [0.4, 0.5) is 5.69 Å². The van der Waals surface area contributed by atoms with E-state index in [1.165, 1.54) is 17.7 Å². The second kappa shape index (κ2) is 7.88. The molecule has 0 saturated heterocycles. The number of ether oxygens (including phenoxy) is 1. The Morgan fingerprint density at radius 3 is 2.70 bits per heavy atom. The SMILES string of the molecule is CC(C)(Cc1ccc(Br)cc1)NC[C@H](O)c1cc(O)cc2c1OCC(=O)N2. The number of amides is 1. The smallest absolute Gasteiger partial charge is 0.262 e. The van der Waals surface area contributed by atoms with Crippen LogP contribution in [-0.2, 0) is 11.2 Å². The van der Waals surface area contributed by atoms with Gasteiger partial charge in [-0.05, 0) is 44.0 Å². The molecule has 1 aliphatic heterocycles. The van der Waals surface area contributed by atoms with Crippen LogP contribution in [0.5, 0.6) is 11.5 Å². The van der Waals surface area contributed by atoms with Gasteiger partial charge in [0.25, 0.3) is 5.91 Å². The third-order valence-corrected chi connectivity index (χ3v) is 4.95. The van der Waals surface area contributed by atoms with Crippen molar-refractivity contribution >= 4 is 27.5 Å². The molecule has 1 amide bonds. The van der Waals surface area contributed by atoms with Crippen LogP contribution in [0.25, 0.3) is 0 Å². The molecule has 144 valence electrons. The monoisotopic (exact) mass is 434 g/mol. The molecule has 0 aliphatic carbocycles. The van der Waals surface area contributed by atoms with Crippen molar-refractivity contribution < 1.29 is 19.7 Å². The molecule has 1 heterocycles. The Morgan fingerprint density at radius 1 is 1.30 bits per heavy atom. The van der Waals surface area contributed by atoms with Crippen LogP contribution in [-0.4, -0.2) is 34.8 Å². The number of phenolic OH excluding ortho intramolecular Hbond substituents is 1. The molecule has 1 atom stereocenters. The van der Waals surface area contributed by atoms with E-state index < -0.39 is 6.10 Å². The van der Waals surface area contributed by atoms with E-state index in [9.17, 15) is 15.0 Å². The fourth-order valence-electron chi connectivity index (χ4n) is 3.12. The first-order valence-corrected chi connectivity index (χ1v) is 9.50. The molecule has 1 aliphatic rings. The highest BCUT2D eigenvalue weighted by Crippen LogP contribution is 2.38. The van der Waals surface area contributed by atoms with Crippen molar-refractivity contribution in [2.75, 3.05) is 18.5 Å². The zero-order valence-electron chi connectivity index (χ0n) is 15.3. The fourth-order valence-corrected chi connectivity index (χ4v) is 3.38. The van der Waals surface area contributed by atoms with Gasteiger partial charge < -0.3 is 25.6 Å². The molecule has 0 saturated carbocycles. The summed E-state index contributed by atoms with van der Waals surface area (Å²) in [7, 11) is 0. The number of β-amino-alcohol motifs (C(OH)–C–C–N with tert-alkyl or cyclic N) is 1. The van der Waals surface area contributed by atoms with E-state index in [0.717, 1.165) is 10.9 Å². The summed E-state index contributed by atoms with van der Waals surface area (Å²) in [5.41, 5.74) is 1.75. The quantitative estimate of drug-likeness (QED) is 0.560. The summed E-state index contributed by atoms with van der Waals surface area (Å²) in [6, 6.07) is 11.0. The first kappa shape index (κ1) is 19.7. The van der Waals surface area contributed by atoms with E-state index in [1.54, 1.807) is 0 Å². The normalized spacial score (nSPS) is 14.9. The molecule has 0 bridgehead atoms. The molecule has 27 heavy (non-hydrogen) atoms. The number of carbonyl (C=O) groups is 1. The summed E-state index contributed by atoms with van der Waals surface area (Å²) < 4.78 is 6.50. The van der Waals surface area contributed by atoms with Crippen molar-refractivity contribution in [2.45, 2.75) is 31.9 Å². The number of halogens is 1. The molecule has 2 aromatic rings. The summed E-state index contributed by atoms with van der Waals surface area (Å²) in [4.78, 5) is 11.5. The summed E-state index contributed by atoms with van der Waals surface area (Å²) in [6.45, 7) is 4.30. The molecule has 0 radical (unpaired) electrons. The van der Waals surface area contributed by atoms with Gasteiger partial charge in [0.2, 0.25) is 0 Å². The number of carbonyl (C=O) groups excluding carboxylic acids is 1. The average molecular weight is 435 g/mol. The van der Waals surface area contributed by atoms with Crippen molar-refractivity contribution in [1.82, 2.24) is 5.32 Å². The maximum Gasteiger partial charge on any atom is 0.262 e. The van der Waals surface area contributed by atoms with Crippen molar-refractivity contribution in [3.63, 3.8) is 0 Å². The Labute approximate surface area is 166 Å². The molecule has 2 aromatic carbocycles. The molecule has 3 rings (SSSR count). The van der Waals surface area contributed by atoms with Gasteiger partial charge in [0.05, 0.1) is 11.8 Å². The average Bonchev–Trinajstić information content (AvgIpc) is 2.60. The number of aliphatic hydroxyl groups excluding tert-OH is 1. The Kier molecular flexibility index (Phi) is 5.74. The number of aliphatic hydroxyl groups is 1. The van der Waals surface area contributed by atoms with Crippen molar-refractivity contribution in [1.29, 1.82) is 0 Å². The lowest BCUT2D eigenvalue weighted by Crippen LogP contribution is -2.43. The molecular formula is C20H23BrN2O4. The van der Waals surface area contributed by atoms with Crippen LogP contribution in [0.15, 0.2) is 40.9 Å². The van der Waals surface area contributed by atoms with Crippen molar-refractivity contribution in [3.05, 3.63) is 52.0 Å². The standard InChI is InChI=1S/C20H23BrN2O4/c1-20(2,9-12-3-5-13(21)6-4-12)22-10-17(25)15-7-14(24)8-16-19(15)27-11-18(26)23-16/h3-8,17,22,24-25H,9-11H2,1-2H3,(H,23,26)/t17-/m0/s1. The van der Waals surface area contributed by atoms with E-state index in [1.807, 2.05) is 12.1 Å². The largest absolute Gasteiger partial charge is 0.508 e. The number of rotatable bonds is 6. The molecular weight excluding hydrogens is 412 g/mol. The number of nitrogens with one attached hydrogen (secondary N) is 2. The Balaban J connectivity index is 1.69. The molecule has 4 N–H and O–H groups in total. The van der Waals surface area contributed by atoms with Crippen molar-refractivity contribution in [2.24, 2.45) is 0 Å². The summed E-state index contributed by atoms with van der Waals surface area (Å²) in [6.07, 6.45) is -0.109. The van der Waals surface area contributed by atoms with Crippen LogP contribution >= 0.6 is 15.9 Å². The fraction of sp³-hybridized carbons (Fsp3) is 0.350. The second-order valence-corrected chi connectivity index (χ2v) is 8.25. The van der Waals surface area contributed by atoms with E-state index >= 15 is 0 Å². The van der Waals surface area contributed by atoms with E-state index in [0.29, 0.717) is 17.0 Å². The predicted molar refractivity (Wildman–Crippen MR) is 107 cm³/mol. The third-order valence-electron chi connectivity index (χ3n) is 4.42. The minimum atomic E-state index is -0.898. The van der Waals surface area contributed by atoms with Gasteiger partial charge in [-0.2, -0.15) is 0 Å². The van der Waals surface area contributed by atoms with Crippen LogP contribution < -0.4 is 15.4 Å². The zero-order valence-corrected chi connectivity index (χ0v) is 16.8. The second-order valence-electron chi connectivity index (χ2n) is 7.33. The summed E-state index contributed by atoms with van der Waals surface area (Å²) in [5.74, 6) is 0.0671. The van der Waals surface area contributed by atoms with Crippen LogP contribution in [0, 0.1) is 0 Å². The lowest BCUT2D eigenvalue weighted by molar-refractivity contribution is -0.118. The highest BCUT2D eigenvalue weighted by Gasteiger charge is 2.26. The summed E-state index contributed by atoms with van der Waals surface area (Å²) in [5, 5.41) is 26.6. The van der Waals surface area contributed by atoms with E-state index in [2.05, 4.69) is 52.5 Å². The molecule has 0 unspecified atom stereocenters. The first-order chi connectivity index (χ1) is 12.7. The van der Waals surface area contributed by atoms with Gasteiger partial charge in [0.1, 0.15) is 11.5 Å². The molecule has 0 aromatic heterocycles. The van der Waals surface area contributed by atoms with Gasteiger partial charge in [0, 0.05) is 28.2 Å². The predicted octanol–water partition coefficient (Wildman–Crippen LogP) is 3.13. The molecule has 7 heteroatoms. The number of hydrogen-bond donors (Lipinski definition) is 4. The van der Waals surface area contributed by atoms with Crippen LogP contribution in [0.1, 0.15) is 31.1 Å².